The molecular weight excluding hydrogens is 318 g/mol. The first-order valence-electron chi connectivity index (χ1n) is 9.49. The summed E-state index contributed by atoms with van der Waals surface area (Å²) in [6, 6.07) is 21.1. The van der Waals surface area contributed by atoms with E-state index in [0.29, 0.717) is 0 Å². The summed E-state index contributed by atoms with van der Waals surface area (Å²) >= 11 is 0. The zero-order valence-electron chi connectivity index (χ0n) is 16.0. The number of rotatable bonds is 7. The van der Waals surface area contributed by atoms with Gasteiger partial charge in [0.1, 0.15) is 5.75 Å². The van der Waals surface area contributed by atoms with Crippen molar-refractivity contribution in [3.63, 3.8) is 0 Å². The first kappa shape index (κ1) is 18.2. The number of aromatic nitrogens is 1. The van der Waals surface area contributed by atoms with E-state index >= 15 is 0 Å². The van der Waals surface area contributed by atoms with Crippen LogP contribution in [0.1, 0.15) is 37.9 Å². The summed E-state index contributed by atoms with van der Waals surface area (Å²) in [5, 5.41) is 0. The van der Waals surface area contributed by atoms with E-state index in [9.17, 15) is 0 Å². The van der Waals surface area contributed by atoms with Crippen LogP contribution >= 0.6 is 0 Å². The van der Waals surface area contributed by atoms with E-state index in [0.717, 1.165) is 42.7 Å². The second-order valence-corrected chi connectivity index (χ2v) is 6.57. The van der Waals surface area contributed by atoms with Gasteiger partial charge in [0, 0.05) is 11.3 Å². The van der Waals surface area contributed by atoms with Gasteiger partial charge < -0.3 is 4.74 Å². The average Bonchev–Trinajstić information content (AvgIpc) is 2.70. The molecule has 0 saturated carbocycles. The Labute approximate surface area is 156 Å². The normalized spacial score (nSPS) is 10.7. The fourth-order valence-electron chi connectivity index (χ4n) is 3.38. The Morgan fingerprint density at radius 3 is 2.12 bits per heavy atom. The van der Waals surface area contributed by atoms with Gasteiger partial charge in [0.15, 0.2) is 0 Å². The molecule has 134 valence electrons. The van der Waals surface area contributed by atoms with Crippen molar-refractivity contribution < 1.29 is 4.74 Å². The molecule has 1 aromatic heterocycles. The molecule has 26 heavy (non-hydrogen) atoms. The number of aryl methyl sites for hydroxylation is 1. The van der Waals surface area contributed by atoms with E-state index in [-0.39, 0.29) is 0 Å². The Balaban J connectivity index is 2.17. The van der Waals surface area contributed by atoms with Crippen LogP contribution in [0.2, 0.25) is 0 Å². The molecule has 2 heteroatoms. The van der Waals surface area contributed by atoms with E-state index in [1.54, 1.807) is 7.11 Å². The van der Waals surface area contributed by atoms with Crippen LogP contribution in [0.15, 0.2) is 60.7 Å². The van der Waals surface area contributed by atoms with Gasteiger partial charge in [-0.15, -0.1) is 0 Å². The highest BCUT2D eigenvalue weighted by molar-refractivity contribution is 5.74. The number of pyridine rings is 1. The van der Waals surface area contributed by atoms with Gasteiger partial charge in [-0.1, -0.05) is 57.0 Å². The van der Waals surface area contributed by atoms with Gasteiger partial charge >= 0.3 is 0 Å². The molecule has 0 saturated heterocycles. The van der Waals surface area contributed by atoms with Crippen LogP contribution in [-0.4, -0.2) is 12.1 Å². The summed E-state index contributed by atoms with van der Waals surface area (Å²) in [5.74, 6) is 0.869. The van der Waals surface area contributed by atoms with Crippen molar-refractivity contribution in [1.29, 1.82) is 0 Å². The van der Waals surface area contributed by atoms with Crippen molar-refractivity contribution in [3.05, 3.63) is 71.9 Å². The molecule has 0 aliphatic carbocycles. The van der Waals surface area contributed by atoms with Crippen molar-refractivity contribution in [1.82, 2.24) is 4.98 Å². The maximum absolute atomic E-state index is 5.29. The smallest absolute Gasteiger partial charge is 0.118 e. The van der Waals surface area contributed by atoms with Crippen LogP contribution in [0.4, 0.5) is 0 Å². The lowest BCUT2D eigenvalue weighted by atomic mass is 9.92. The molecule has 3 rings (SSSR count). The Kier molecular flexibility index (Phi) is 6.06. The SMILES string of the molecule is CCCc1nc(-c2ccc(OC)cc2)cc(-c2ccccc2)c1CCC. The van der Waals surface area contributed by atoms with Gasteiger partial charge in [0.2, 0.25) is 0 Å². The van der Waals surface area contributed by atoms with E-state index in [2.05, 4.69) is 62.4 Å². The Hall–Kier alpha value is -2.61. The van der Waals surface area contributed by atoms with Gasteiger partial charge in [0.25, 0.3) is 0 Å². The minimum absolute atomic E-state index is 0.869. The van der Waals surface area contributed by atoms with Crippen LogP contribution in [-0.2, 0) is 12.8 Å². The summed E-state index contributed by atoms with van der Waals surface area (Å²) in [7, 11) is 1.69. The monoisotopic (exact) mass is 345 g/mol. The van der Waals surface area contributed by atoms with Gasteiger partial charge in [-0.25, -0.2) is 0 Å². The predicted molar refractivity (Wildman–Crippen MR) is 110 cm³/mol. The standard InChI is InChI=1S/C24H27NO/c1-4-9-21-22(18-11-7-6-8-12-18)17-24(25-23(21)10-5-2)19-13-15-20(26-3)16-14-19/h6-8,11-17H,4-5,9-10H2,1-3H3. The zero-order valence-corrected chi connectivity index (χ0v) is 16.0. The Morgan fingerprint density at radius 2 is 1.50 bits per heavy atom. The minimum Gasteiger partial charge on any atom is -0.497 e. The number of methoxy groups -OCH3 is 1. The maximum Gasteiger partial charge on any atom is 0.118 e. The molecule has 0 fully saturated rings. The molecule has 1 heterocycles. The molecule has 0 unspecified atom stereocenters. The molecule has 3 aromatic rings. The molecule has 0 bridgehead atoms. The minimum atomic E-state index is 0.869. The molecule has 2 nitrogen and oxygen atoms in total. The molecule has 0 aliphatic rings. The van der Waals surface area contributed by atoms with E-state index in [1.807, 2.05) is 12.1 Å². The predicted octanol–water partition coefficient (Wildman–Crippen LogP) is 6.33. The summed E-state index contributed by atoms with van der Waals surface area (Å²) in [6.07, 6.45) is 4.30. The lowest BCUT2D eigenvalue weighted by Gasteiger charge is -2.17. The van der Waals surface area contributed by atoms with E-state index in [1.165, 1.54) is 22.4 Å². The second kappa shape index (κ2) is 8.66. The molecule has 0 amide bonds. The molecule has 0 spiro atoms. The molecular formula is C24H27NO. The highest BCUT2D eigenvalue weighted by atomic mass is 16.5. The summed E-state index contributed by atoms with van der Waals surface area (Å²) in [6.45, 7) is 4.46. The van der Waals surface area contributed by atoms with Crippen LogP contribution in [0.25, 0.3) is 22.4 Å². The van der Waals surface area contributed by atoms with Crippen LogP contribution in [0, 0.1) is 0 Å². The van der Waals surface area contributed by atoms with Crippen LogP contribution < -0.4 is 4.74 Å². The summed E-state index contributed by atoms with van der Waals surface area (Å²) in [4.78, 5) is 5.05. The number of hydrogen-bond donors (Lipinski definition) is 0. The van der Waals surface area contributed by atoms with E-state index in [4.69, 9.17) is 9.72 Å². The van der Waals surface area contributed by atoms with Crippen molar-refractivity contribution in [3.8, 4) is 28.1 Å². The average molecular weight is 345 g/mol. The van der Waals surface area contributed by atoms with Crippen molar-refractivity contribution >= 4 is 0 Å². The maximum atomic E-state index is 5.29. The van der Waals surface area contributed by atoms with Gasteiger partial charge in [0.05, 0.1) is 12.8 Å². The Bertz CT molecular complexity index is 838. The van der Waals surface area contributed by atoms with Gasteiger partial charge in [-0.2, -0.15) is 0 Å². The Morgan fingerprint density at radius 1 is 0.808 bits per heavy atom. The third kappa shape index (κ3) is 3.96. The van der Waals surface area contributed by atoms with Crippen LogP contribution in [0.5, 0.6) is 5.75 Å². The first-order chi connectivity index (χ1) is 12.8. The van der Waals surface area contributed by atoms with E-state index < -0.39 is 0 Å². The summed E-state index contributed by atoms with van der Waals surface area (Å²) < 4.78 is 5.29. The number of ether oxygens (including phenoxy) is 1. The van der Waals surface area contributed by atoms with Crippen LogP contribution in [0.3, 0.4) is 0 Å². The van der Waals surface area contributed by atoms with Crippen molar-refractivity contribution in [2.75, 3.05) is 7.11 Å². The lowest BCUT2D eigenvalue weighted by Crippen LogP contribution is -2.03. The van der Waals surface area contributed by atoms with Gasteiger partial charge in [-0.05, 0) is 59.9 Å². The third-order valence-corrected chi connectivity index (χ3v) is 4.67. The summed E-state index contributed by atoms with van der Waals surface area (Å²) in [5.41, 5.74) is 7.39. The zero-order chi connectivity index (χ0) is 18.4. The highest BCUT2D eigenvalue weighted by Crippen LogP contribution is 2.32. The topological polar surface area (TPSA) is 22.1 Å². The number of hydrogen-bond acceptors (Lipinski definition) is 2. The number of nitrogens with zero attached hydrogens (tertiary/aromatic N) is 1. The van der Waals surface area contributed by atoms with Crippen molar-refractivity contribution in [2.24, 2.45) is 0 Å². The van der Waals surface area contributed by atoms with Crippen molar-refractivity contribution in [2.45, 2.75) is 39.5 Å². The quantitative estimate of drug-likeness (QED) is 0.499. The largest absolute Gasteiger partial charge is 0.497 e. The fourth-order valence-corrected chi connectivity index (χ4v) is 3.38. The second-order valence-electron chi connectivity index (χ2n) is 6.57. The fraction of sp³-hybridized carbons (Fsp3) is 0.292. The molecule has 0 radical (unpaired) electrons. The highest BCUT2D eigenvalue weighted by Gasteiger charge is 2.14. The molecule has 0 atom stereocenters. The van der Waals surface area contributed by atoms with Gasteiger partial charge in [-0.3, -0.25) is 4.98 Å². The molecule has 0 N–H and O–H groups in total. The molecule has 2 aromatic carbocycles. The third-order valence-electron chi connectivity index (χ3n) is 4.67. The first-order valence-corrected chi connectivity index (χ1v) is 9.49. The lowest BCUT2D eigenvalue weighted by molar-refractivity contribution is 0.415. The number of benzene rings is 2. The molecule has 0 aliphatic heterocycles.